The fourth-order valence-corrected chi connectivity index (χ4v) is 2.31. The lowest BCUT2D eigenvalue weighted by Crippen LogP contribution is -2.13. The molecule has 20 heavy (non-hydrogen) atoms. The number of carbonyl (C=O) groups is 1. The summed E-state index contributed by atoms with van der Waals surface area (Å²) in [4.78, 5) is 10.3. The average molecular weight is 288 g/mol. The molecule has 0 fully saturated rings. The largest absolute Gasteiger partial charge is 0.481 e. The van der Waals surface area contributed by atoms with Gasteiger partial charge < -0.3 is 15.3 Å². The molecule has 0 unspecified atom stereocenters. The third kappa shape index (κ3) is 13.8. The summed E-state index contributed by atoms with van der Waals surface area (Å²) in [6.45, 7) is 2.15. The number of hydrogen-bond acceptors (Lipinski definition) is 3. The molecule has 120 valence electrons. The van der Waals surface area contributed by atoms with Crippen molar-refractivity contribution >= 4 is 5.97 Å². The second-order valence-electron chi connectivity index (χ2n) is 5.73. The van der Waals surface area contributed by atoms with Gasteiger partial charge in [0, 0.05) is 6.42 Å². The fourth-order valence-electron chi connectivity index (χ4n) is 2.31. The van der Waals surface area contributed by atoms with Crippen molar-refractivity contribution in [3.8, 4) is 0 Å². The molecule has 0 bridgehead atoms. The van der Waals surface area contributed by atoms with E-state index in [-0.39, 0.29) is 18.6 Å². The summed E-state index contributed by atoms with van der Waals surface area (Å²) >= 11 is 0. The number of rotatable bonds is 14. The van der Waals surface area contributed by atoms with Crippen molar-refractivity contribution in [3.63, 3.8) is 0 Å². The van der Waals surface area contributed by atoms with Crippen LogP contribution in [0.15, 0.2) is 0 Å². The van der Waals surface area contributed by atoms with Gasteiger partial charge in [-0.1, -0.05) is 45.4 Å². The summed E-state index contributed by atoms with van der Waals surface area (Å²) in [7, 11) is 0. The first-order valence-corrected chi connectivity index (χ1v) is 8.14. The molecule has 0 aliphatic rings. The van der Waals surface area contributed by atoms with Gasteiger partial charge >= 0.3 is 5.97 Å². The van der Waals surface area contributed by atoms with E-state index in [1.165, 1.54) is 0 Å². The van der Waals surface area contributed by atoms with Crippen molar-refractivity contribution < 1.29 is 20.1 Å². The topological polar surface area (TPSA) is 77.8 Å². The van der Waals surface area contributed by atoms with E-state index >= 15 is 0 Å². The second kappa shape index (κ2) is 13.4. The molecule has 0 aromatic rings. The molecule has 2 atom stereocenters. The van der Waals surface area contributed by atoms with Gasteiger partial charge in [0.05, 0.1) is 12.2 Å². The molecule has 0 aliphatic carbocycles. The highest BCUT2D eigenvalue weighted by molar-refractivity contribution is 5.66. The van der Waals surface area contributed by atoms with Gasteiger partial charge in [0.15, 0.2) is 0 Å². The molecule has 4 nitrogen and oxygen atoms in total. The Morgan fingerprint density at radius 2 is 1.30 bits per heavy atom. The van der Waals surface area contributed by atoms with Crippen molar-refractivity contribution in [2.75, 3.05) is 0 Å². The smallest absolute Gasteiger partial charge is 0.303 e. The van der Waals surface area contributed by atoms with Gasteiger partial charge in [-0.2, -0.15) is 0 Å². The van der Waals surface area contributed by atoms with Gasteiger partial charge in [-0.3, -0.25) is 4.79 Å². The summed E-state index contributed by atoms with van der Waals surface area (Å²) in [6.07, 6.45) is 9.55. The molecule has 0 heterocycles. The minimum atomic E-state index is -0.734. The minimum Gasteiger partial charge on any atom is -0.481 e. The van der Waals surface area contributed by atoms with Gasteiger partial charge in [-0.25, -0.2) is 0 Å². The SMILES string of the molecule is CCCCC[C@H](O)CC[C@@H](O)CCCCCCC(=O)O. The second-order valence-corrected chi connectivity index (χ2v) is 5.73. The molecule has 0 saturated heterocycles. The summed E-state index contributed by atoms with van der Waals surface area (Å²) in [5.41, 5.74) is 0. The first kappa shape index (κ1) is 19.4. The lowest BCUT2D eigenvalue weighted by Gasteiger charge is -2.14. The number of carboxylic acids is 1. The molecule has 0 radical (unpaired) electrons. The van der Waals surface area contributed by atoms with E-state index in [2.05, 4.69) is 6.92 Å². The molecule has 0 aromatic carbocycles. The van der Waals surface area contributed by atoms with Crippen LogP contribution < -0.4 is 0 Å². The van der Waals surface area contributed by atoms with E-state index in [9.17, 15) is 15.0 Å². The summed E-state index contributed by atoms with van der Waals surface area (Å²) in [5, 5.41) is 28.1. The van der Waals surface area contributed by atoms with Gasteiger partial charge in [0.1, 0.15) is 0 Å². The Morgan fingerprint density at radius 3 is 1.80 bits per heavy atom. The van der Waals surface area contributed by atoms with Crippen LogP contribution in [0.4, 0.5) is 0 Å². The Kier molecular flexibility index (Phi) is 13.0. The van der Waals surface area contributed by atoms with Crippen LogP contribution in [0.5, 0.6) is 0 Å². The molecule has 3 N–H and O–H groups in total. The van der Waals surface area contributed by atoms with E-state index in [0.717, 1.165) is 57.8 Å². The van der Waals surface area contributed by atoms with Crippen molar-refractivity contribution in [2.24, 2.45) is 0 Å². The first-order valence-electron chi connectivity index (χ1n) is 8.14. The van der Waals surface area contributed by atoms with E-state index in [1.807, 2.05) is 0 Å². The number of hydrogen-bond donors (Lipinski definition) is 3. The van der Waals surface area contributed by atoms with Crippen LogP contribution in [0.1, 0.15) is 84.0 Å². The number of aliphatic hydroxyl groups is 2. The summed E-state index contributed by atoms with van der Waals surface area (Å²) < 4.78 is 0. The van der Waals surface area contributed by atoms with Crippen LogP contribution in [-0.2, 0) is 4.79 Å². The van der Waals surface area contributed by atoms with Crippen LogP contribution in [0.2, 0.25) is 0 Å². The molecule has 0 amide bonds. The maximum absolute atomic E-state index is 10.3. The van der Waals surface area contributed by atoms with Crippen LogP contribution in [0.25, 0.3) is 0 Å². The zero-order valence-corrected chi connectivity index (χ0v) is 12.9. The molecular weight excluding hydrogens is 256 g/mol. The number of aliphatic carboxylic acids is 1. The number of aliphatic hydroxyl groups excluding tert-OH is 2. The van der Waals surface area contributed by atoms with E-state index in [1.54, 1.807) is 0 Å². The minimum absolute atomic E-state index is 0.243. The Balaban J connectivity index is 3.35. The normalized spacial score (nSPS) is 14.2. The highest BCUT2D eigenvalue weighted by Gasteiger charge is 2.09. The fraction of sp³-hybridized carbons (Fsp3) is 0.938. The Labute approximate surface area is 123 Å². The zero-order chi connectivity index (χ0) is 15.2. The number of unbranched alkanes of at least 4 members (excludes halogenated alkanes) is 5. The van der Waals surface area contributed by atoms with Gasteiger partial charge in [-0.05, 0) is 32.1 Å². The molecule has 0 spiro atoms. The molecule has 4 heteroatoms. The summed E-state index contributed by atoms with van der Waals surface area (Å²) in [6, 6.07) is 0. The van der Waals surface area contributed by atoms with Gasteiger partial charge in [-0.15, -0.1) is 0 Å². The molecule has 0 saturated carbocycles. The maximum atomic E-state index is 10.3. The van der Waals surface area contributed by atoms with Gasteiger partial charge in [0.2, 0.25) is 0 Å². The van der Waals surface area contributed by atoms with Crippen LogP contribution in [-0.4, -0.2) is 33.5 Å². The third-order valence-corrected chi connectivity index (χ3v) is 3.65. The Bertz CT molecular complexity index is 231. The highest BCUT2D eigenvalue weighted by Crippen LogP contribution is 2.14. The van der Waals surface area contributed by atoms with Crippen molar-refractivity contribution in [1.29, 1.82) is 0 Å². The first-order chi connectivity index (χ1) is 9.56. The Morgan fingerprint density at radius 1 is 0.800 bits per heavy atom. The van der Waals surface area contributed by atoms with Crippen LogP contribution in [0, 0.1) is 0 Å². The Hall–Kier alpha value is -0.610. The molecule has 0 rings (SSSR count). The quantitative estimate of drug-likeness (QED) is 0.428. The molecular formula is C16H32O4. The zero-order valence-electron chi connectivity index (χ0n) is 12.9. The van der Waals surface area contributed by atoms with Gasteiger partial charge in [0.25, 0.3) is 0 Å². The molecule has 0 aromatic heterocycles. The number of carboxylic acid groups (broad SMARTS) is 1. The predicted octanol–water partition coefficient (Wildman–Crippen LogP) is 3.49. The van der Waals surface area contributed by atoms with Crippen molar-refractivity contribution in [2.45, 2.75) is 96.2 Å². The highest BCUT2D eigenvalue weighted by atomic mass is 16.4. The lowest BCUT2D eigenvalue weighted by atomic mass is 10.0. The molecule has 0 aliphatic heterocycles. The summed E-state index contributed by atoms with van der Waals surface area (Å²) in [5.74, 6) is -0.734. The van der Waals surface area contributed by atoms with E-state index in [0.29, 0.717) is 12.8 Å². The third-order valence-electron chi connectivity index (χ3n) is 3.65. The standard InChI is InChI=1S/C16H32O4/c1-2-3-6-9-14(17)12-13-15(18)10-7-4-5-8-11-16(19)20/h14-15,17-18H,2-13H2,1H3,(H,19,20)/t14-,15-/m0/s1. The van der Waals surface area contributed by atoms with Crippen LogP contribution in [0.3, 0.4) is 0 Å². The monoisotopic (exact) mass is 288 g/mol. The van der Waals surface area contributed by atoms with Crippen molar-refractivity contribution in [1.82, 2.24) is 0 Å². The average Bonchev–Trinajstić information content (AvgIpc) is 2.40. The van der Waals surface area contributed by atoms with Crippen LogP contribution >= 0.6 is 0 Å². The van der Waals surface area contributed by atoms with Crippen molar-refractivity contribution in [3.05, 3.63) is 0 Å². The van der Waals surface area contributed by atoms with E-state index in [4.69, 9.17) is 5.11 Å². The maximum Gasteiger partial charge on any atom is 0.303 e. The predicted molar refractivity (Wildman–Crippen MR) is 80.7 cm³/mol. The lowest BCUT2D eigenvalue weighted by molar-refractivity contribution is -0.137. The van der Waals surface area contributed by atoms with E-state index < -0.39 is 5.97 Å².